The average molecular weight is 397 g/mol. The molecule has 0 saturated carbocycles. The van der Waals surface area contributed by atoms with Gasteiger partial charge in [-0.2, -0.15) is 0 Å². The zero-order chi connectivity index (χ0) is 19.1. The summed E-state index contributed by atoms with van der Waals surface area (Å²) in [5, 5.41) is 1.31. The van der Waals surface area contributed by atoms with E-state index in [0.717, 1.165) is 55.7 Å². The van der Waals surface area contributed by atoms with Gasteiger partial charge in [0.1, 0.15) is 22.8 Å². The molecule has 2 aliphatic rings. The quantitative estimate of drug-likeness (QED) is 0.662. The van der Waals surface area contributed by atoms with E-state index in [0.29, 0.717) is 0 Å². The molecule has 0 amide bonds. The normalized spacial score (nSPS) is 20.5. The van der Waals surface area contributed by atoms with Gasteiger partial charge >= 0.3 is 0 Å². The molecule has 0 radical (unpaired) electrons. The van der Waals surface area contributed by atoms with E-state index < -0.39 is 0 Å². The van der Waals surface area contributed by atoms with E-state index in [1.807, 2.05) is 23.5 Å². The van der Waals surface area contributed by atoms with Crippen LogP contribution in [0.1, 0.15) is 29.3 Å². The Labute approximate surface area is 169 Å². The molecular formula is C22H25FN4S. The number of hydrogen-bond donors (Lipinski definition) is 0. The highest BCUT2D eigenvalue weighted by Gasteiger charge is 2.26. The SMILES string of the molecule is C[C@@H]1CCc2sc3ncnc(N4CCN(Cc5ccc(F)cc5)CC4)c3c2C1. The minimum absolute atomic E-state index is 0.172. The molecule has 6 heteroatoms. The third-order valence-corrected chi connectivity index (χ3v) is 7.26. The number of aromatic nitrogens is 2. The summed E-state index contributed by atoms with van der Waals surface area (Å²) < 4.78 is 13.1. The second kappa shape index (κ2) is 7.41. The number of fused-ring (bicyclic) bond motifs is 3. The molecule has 1 aliphatic carbocycles. The van der Waals surface area contributed by atoms with Gasteiger partial charge in [-0.1, -0.05) is 19.1 Å². The van der Waals surface area contributed by atoms with Crippen LogP contribution in [0.25, 0.3) is 10.2 Å². The Kier molecular flexibility index (Phi) is 4.77. The largest absolute Gasteiger partial charge is 0.353 e. The van der Waals surface area contributed by atoms with Gasteiger partial charge in [-0.3, -0.25) is 4.90 Å². The molecule has 4 nitrogen and oxygen atoms in total. The highest BCUT2D eigenvalue weighted by molar-refractivity contribution is 7.19. The Bertz CT molecular complexity index is 976. The Morgan fingerprint density at radius 1 is 1.11 bits per heavy atom. The molecule has 5 rings (SSSR count). The van der Waals surface area contributed by atoms with Gasteiger partial charge in [0, 0.05) is 37.6 Å². The zero-order valence-corrected chi connectivity index (χ0v) is 17.0. The number of hydrogen-bond acceptors (Lipinski definition) is 5. The van der Waals surface area contributed by atoms with Gasteiger partial charge in [-0.05, 0) is 48.4 Å². The van der Waals surface area contributed by atoms with Crippen LogP contribution in [0.5, 0.6) is 0 Å². The van der Waals surface area contributed by atoms with Crippen molar-refractivity contribution in [3.05, 3.63) is 52.4 Å². The second-order valence-corrected chi connectivity index (χ2v) is 9.20. The highest BCUT2D eigenvalue weighted by atomic mass is 32.1. The highest BCUT2D eigenvalue weighted by Crippen LogP contribution is 2.40. The maximum atomic E-state index is 13.1. The van der Waals surface area contributed by atoms with Crippen molar-refractivity contribution >= 4 is 27.4 Å². The van der Waals surface area contributed by atoms with E-state index in [1.54, 1.807) is 18.5 Å². The number of nitrogens with zero attached hydrogens (tertiary/aromatic N) is 4. The van der Waals surface area contributed by atoms with Gasteiger partial charge in [0.15, 0.2) is 0 Å². The number of aryl methyl sites for hydroxylation is 1. The van der Waals surface area contributed by atoms with E-state index in [9.17, 15) is 4.39 Å². The number of benzene rings is 1. The lowest BCUT2D eigenvalue weighted by molar-refractivity contribution is 0.249. The Hall–Kier alpha value is -2.05. The predicted octanol–water partition coefficient (Wildman–Crippen LogP) is 4.28. The van der Waals surface area contributed by atoms with Crippen LogP contribution in [-0.4, -0.2) is 41.0 Å². The zero-order valence-electron chi connectivity index (χ0n) is 16.2. The van der Waals surface area contributed by atoms with Crippen LogP contribution in [-0.2, 0) is 19.4 Å². The third kappa shape index (κ3) is 3.40. The van der Waals surface area contributed by atoms with Crippen LogP contribution >= 0.6 is 11.3 Å². The van der Waals surface area contributed by atoms with Crippen LogP contribution in [0, 0.1) is 11.7 Å². The number of halogens is 1. The van der Waals surface area contributed by atoms with E-state index in [1.165, 1.54) is 34.2 Å². The summed E-state index contributed by atoms with van der Waals surface area (Å²) in [5.41, 5.74) is 2.67. The molecule has 1 atom stereocenters. The molecule has 3 aromatic rings. The summed E-state index contributed by atoms with van der Waals surface area (Å²) in [6.07, 6.45) is 5.35. The van der Waals surface area contributed by atoms with Crippen LogP contribution in [0.4, 0.5) is 10.2 Å². The number of piperazine rings is 1. The summed E-state index contributed by atoms with van der Waals surface area (Å²) in [5.74, 6) is 1.69. The van der Waals surface area contributed by atoms with Gasteiger partial charge in [0.25, 0.3) is 0 Å². The maximum Gasteiger partial charge on any atom is 0.141 e. The van der Waals surface area contributed by atoms with Crippen LogP contribution < -0.4 is 4.90 Å². The topological polar surface area (TPSA) is 32.3 Å². The van der Waals surface area contributed by atoms with Crippen LogP contribution in [0.2, 0.25) is 0 Å². The number of anilines is 1. The minimum atomic E-state index is -0.172. The lowest BCUT2D eigenvalue weighted by Gasteiger charge is -2.35. The first-order chi connectivity index (χ1) is 13.7. The summed E-state index contributed by atoms with van der Waals surface area (Å²) >= 11 is 1.86. The third-order valence-electron chi connectivity index (χ3n) is 6.06. The molecule has 0 spiro atoms. The van der Waals surface area contributed by atoms with Crippen LogP contribution in [0.3, 0.4) is 0 Å². The monoisotopic (exact) mass is 396 g/mol. The Morgan fingerprint density at radius 3 is 2.68 bits per heavy atom. The van der Waals surface area contributed by atoms with Crippen molar-refractivity contribution in [2.45, 2.75) is 32.7 Å². The predicted molar refractivity (Wildman–Crippen MR) is 112 cm³/mol. The number of thiophene rings is 1. The van der Waals surface area contributed by atoms with Gasteiger partial charge in [0.05, 0.1) is 5.39 Å². The van der Waals surface area contributed by atoms with Gasteiger partial charge in [-0.15, -0.1) is 11.3 Å². The fraction of sp³-hybridized carbons (Fsp3) is 0.455. The van der Waals surface area contributed by atoms with E-state index in [2.05, 4.69) is 21.7 Å². The summed E-state index contributed by atoms with van der Waals surface area (Å²) in [7, 11) is 0. The first kappa shape index (κ1) is 18.0. The number of rotatable bonds is 3. The molecule has 0 bridgehead atoms. The molecule has 3 heterocycles. The fourth-order valence-corrected chi connectivity index (χ4v) is 5.65. The summed E-state index contributed by atoms with van der Waals surface area (Å²) in [6, 6.07) is 6.86. The van der Waals surface area contributed by atoms with Gasteiger partial charge < -0.3 is 4.90 Å². The Morgan fingerprint density at radius 2 is 1.89 bits per heavy atom. The van der Waals surface area contributed by atoms with Crippen molar-refractivity contribution in [1.29, 1.82) is 0 Å². The molecule has 2 aromatic heterocycles. The molecule has 0 N–H and O–H groups in total. The molecule has 1 aliphatic heterocycles. The summed E-state index contributed by atoms with van der Waals surface area (Å²) in [4.78, 5) is 16.8. The Balaban J connectivity index is 1.34. The molecular weight excluding hydrogens is 371 g/mol. The average Bonchev–Trinajstić information content (AvgIpc) is 3.08. The van der Waals surface area contributed by atoms with Crippen molar-refractivity contribution in [3.8, 4) is 0 Å². The van der Waals surface area contributed by atoms with Gasteiger partial charge in [-0.25, -0.2) is 14.4 Å². The first-order valence-corrected chi connectivity index (χ1v) is 11.0. The van der Waals surface area contributed by atoms with Crippen molar-refractivity contribution in [3.63, 3.8) is 0 Å². The summed E-state index contributed by atoms with van der Waals surface area (Å²) in [6.45, 7) is 7.14. The molecule has 1 aromatic carbocycles. The van der Waals surface area contributed by atoms with Crippen molar-refractivity contribution in [2.75, 3.05) is 31.1 Å². The van der Waals surface area contributed by atoms with Crippen LogP contribution in [0.15, 0.2) is 30.6 Å². The smallest absolute Gasteiger partial charge is 0.141 e. The van der Waals surface area contributed by atoms with E-state index >= 15 is 0 Å². The molecule has 1 fully saturated rings. The second-order valence-electron chi connectivity index (χ2n) is 8.12. The molecule has 0 unspecified atom stereocenters. The molecule has 28 heavy (non-hydrogen) atoms. The molecule has 1 saturated heterocycles. The fourth-order valence-electron chi connectivity index (χ4n) is 4.47. The standard InChI is InChI=1S/C22H25FN4S/c1-15-2-7-19-18(12-15)20-21(24-14-25-22(20)28-19)27-10-8-26(9-11-27)13-16-3-5-17(23)6-4-16/h3-6,14-15H,2,7-13H2,1H3/t15-/m1/s1. The maximum absolute atomic E-state index is 13.1. The minimum Gasteiger partial charge on any atom is -0.353 e. The van der Waals surface area contributed by atoms with Gasteiger partial charge in [0.2, 0.25) is 0 Å². The van der Waals surface area contributed by atoms with Crippen molar-refractivity contribution < 1.29 is 4.39 Å². The van der Waals surface area contributed by atoms with Crippen molar-refractivity contribution in [1.82, 2.24) is 14.9 Å². The lowest BCUT2D eigenvalue weighted by Crippen LogP contribution is -2.46. The van der Waals surface area contributed by atoms with Crippen molar-refractivity contribution in [2.24, 2.45) is 5.92 Å². The van der Waals surface area contributed by atoms with E-state index in [4.69, 9.17) is 4.98 Å². The van der Waals surface area contributed by atoms with E-state index in [-0.39, 0.29) is 5.82 Å². The molecule has 146 valence electrons. The first-order valence-electron chi connectivity index (χ1n) is 10.1. The lowest BCUT2D eigenvalue weighted by atomic mass is 9.88.